The molecule has 0 aliphatic carbocycles. The van der Waals surface area contributed by atoms with Crippen LogP contribution in [-0.4, -0.2) is 25.7 Å². The molecule has 0 spiro atoms. The van der Waals surface area contributed by atoms with E-state index in [1.165, 1.54) is 7.11 Å². The van der Waals surface area contributed by atoms with Gasteiger partial charge in [0.05, 0.1) is 0 Å². The summed E-state index contributed by atoms with van der Waals surface area (Å²) in [5, 5.41) is 3.57. The fourth-order valence-electron chi connectivity index (χ4n) is 1.47. The molecule has 0 radical (unpaired) electrons. The average molecular weight is 242 g/mol. The van der Waals surface area contributed by atoms with Crippen LogP contribution in [0.4, 0.5) is 0 Å². The summed E-state index contributed by atoms with van der Waals surface area (Å²) in [5.41, 5.74) is 1.15. The lowest BCUT2D eigenvalue weighted by Gasteiger charge is -2.13. The molecule has 0 saturated heterocycles. The topological polar surface area (TPSA) is 38.3 Å². The average Bonchev–Trinajstić information content (AvgIpc) is 2.21. The lowest BCUT2D eigenvalue weighted by Crippen LogP contribution is -2.36. The standard InChI is InChI=1S/C12H16ClNO2/c1-9(14-12(15)8-16-2)7-10-3-5-11(13)6-4-10/h3-6,9H,7-8H2,1-2H3,(H,14,15)/t9-/m0/s1. The minimum absolute atomic E-state index is 0.0869. The second kappa shape index (κ2) is 6.51. The third-order valence-corrected chi connectivity index (χ3v) is 2.39. The zero-order valence-corrected chi connectivity index (χ0v) is 10.3. The number of benzene rings is 1. The first-order chi connectivity index (χ1) is 7.61. The Morgan fingerprint density at radius 1 is 1.44 bits per heavy atom. The van der Waals surface area contributed by atoms with Gasteiger partial charge in [-0.15, -0.1) is 0 Å². The van der Waals surface area contributed by atoms with Crippen LogP contribution >= 0.6 is 11.6 Å². The summed E-state index contributed by atoms with van der Waals surface area (Å²) in [6, 6.07) is 7.70. The van der Waals surface area contributed by atoms with Crippen LogP contribution in [0.5, 0.6) is 0 Å². The Kier molecular flexibility index (Phi) is 5.29. The molecule has 3 nitrogen and oxygen atoms in total. The van der Waals surface area contributed by atoms with Crippen LogP contribution in [0, 0.1) is 0 Å². The van der Waals surface area contributed by atoms with Crippen molar-refractivity contribution < 1.29 is 9.53 Å². The van der Waals surface area contributed by atoms with Crippen molar-refractivity contribution in [2.75, 3.05) is 13.7 Å². The molecule has 0 heterocycles. The number of nitrogens with one attached hydrogen (secondary N) is 1. The lowest BCUT2D eigenvalue weighted by molar-refractivity contribution is -0.125. The predicted octanol–water partition coefficient (Wildman–Crippen LogP) is 2.03. The van der Waals surface area contributed by atoms with Gasteiger partial charge in [-0.1, -0.05) is 23.7 Å². The molecule has 1 atom stereocenters. The number of halogens is 1. The van der Waals surface area contributed by atoms with Crippen LogP contribution in [0.15, 0.2) is 24.3 Å². The van der Waals surface area contributed by atoms with Gasteiger partial charge in [0.2, 0.25) is 5.91 Å². The minimum atomic E-state index is -0.0936. The number of hydrogen-bond acceptors (Lipinski definition) is 2. The quantitative estimate of drug-likeness (QED) is 0.857. The van der Waals surface area contributed by atoms with Crippen molar-refractivity contribution in [3.8, 4) is 0 Å². The minimum Gasteiger partial charge on any atom is -0.375 e. The zero-order valence-electron chi connectivity index (χ0n) is 9.50. The van der Waals surface area contributed by atoms with Gasteiger partial charge >= 0.3 is 0 Å². The van der Waals surface area contributed by atoms with Gasteiger partial charge in [0.25, 0.3) is 0 Å². The molecule has 0 aliphatic heterocycles. The Morgan fingerprint density at radius 2 is 2.06 bits per heavy atom. The van der Waals surface area contributed by atoms with Crippen molar-refractivity contribution in [1.82, 2.24) is 5.32 Å². The number of methoxy groups -OCH3 is 1. The normalized spacial score (nSPS) is 12.2. The highest BCUT2D eigenvalue weighted by molar-refractivity contribution is 6.30. The van der Waals surface area contributed by atoms with Gasteiger partial charge < -0.3 is 10.1 Å². The molecule has 88 valence electrons. The zero-order chi connectivity index (χ0) is 12.0. The van der Waals surface area contributed by atoms with E-state index in [-0.39, 0.29) is 18.6 Å². The number of rotatable bonds is 5. The third kappa shape index (κ3) is 4.64. The first-order valence-electron chi connectivity index (χ1n) is 5.14. The van der Waals surface area contributed by atoms with Crippen molar-refractivity contribution in [2.45, 2.75) is 19.4 Å². The van der Waals surface area contributed by atoms with Crippen molar-refractivity contribution in [3.05, 3.63) is 34.9 Å². The summed E-state index contributed by atoms with van der Waals surface area (Å²) in [6.45, 7) is 2.06. The maximum atomic E-state index is 11.2. The van der Waals surface area contributed by atoms with Crippen LogP contribution in [0.3, 0.4) is 0 Å². The number of carbonyl (C=O) groups is 1. The van der Waals surface area contributed by atoms with Crippen LogP contribution in [0.2, 0.25) is 5.02 Å². The Balaban J connectivity index is 2.42. The van der Waals surface area contributed by atoms with E-state index >= 15 is 0 Å². The molecule has 0 fully saturated rings. The number of ether oxygens (including phenoxy) is 1. The monoisotopic (exact) mass is 241 g/mol. The number of amides is 1. The van der Waals surface area contributed by atoms with Gasteiger partial charge in [-0.2, -0.15) is 0 Å². The van der Waals surface area contributed by atoms with Crippen LogP contribution in [0.25, 0.3) is 0 Å². The first-order valence-corrected chi connectivity index (χ1v) is 5.52. The van der Waals surface area contributed by atoms with E-state index in [4.69, 9.17) is 16.3 Å². The molecule has 0 bridgehead atoms. The highest BCUT2D eigenvalue weighted by atomic mass is 35.5. The van der Waals surface area contributed by atoms with E-state index in [2.05, 4.69) is 5.32 Å². The fourth-order valence-corrected chi connectivity index (χ4v) is 1.60. The van der Waals surface area contributed by atoms with E-state index in [0.717, 1.165) is 17.0 Å². The maximum absolute atomic E-state index is 11.2. The molecule has 4 heteroatoms. The SMILES string of the molecule is COCC(=O)N[C@@H](C)Cc1ccc(Cl)cc1. The number of carbonyl (C=O) groups excluding carboxylic acids is 1. The van der Waals surface area contributed by atoms with Crippen molar-refractivity contribution >= 4 is 17.5 Å². The summed E-state index contributed by atoms with van der Waals surface area (Å²) >= 11 is 5.79. The highest BCUT2D eigenvalue weighted by Crippen LogP contribution is 2.10. The second-order valence-corrected chi connectivity index (χ2v) is 4.17. The first kappa shape index (κ1) is 13.0. The van der Waals surface area contributed by atoms with Crippen molar-refractivity contribution in [3.63, 3.8) is 0 Å². The molecule has 0 unspecified atom stereocenters. The Bertz CT molecular complexity index is 337. The lowest BCUT2D eigenvalue weighted by atomic mass is 10.1. The summed E-state index contributed by atoms with van der Waals surface area (Å²) < 4.78 is 4.74. The highest BCUT2D eigenvalue weighted by Gasteiger charge is 2.07. The van der Waals surface area contributed by atoms with Crippen LogP contribution < -0.4 is 5.32 Å². The van der Waals surface area contributed by atoms with Gasteiger partial charge in [-0.25, -0.2) is 0 Å². The molecule has 1 amide bonds. The molecule has 0 aromatic heterocycles. The molecule has 1 rings (SSSR count). The smallest absolute Gasteiger partial charge is 0.246 e. The number of hydrogen-bond donors (Lipinski definition) is 1. The van der Waals surface area contributed by atoms with E-state index in [0.29, 0.717) is 0 Å². The van der Waals surface area contributed by atoms with Crippen molar-refractivity contribution in [2.24, 2.45) is 0 Å². The molecule has 16 heavy (non-hydrogen) atoms. The fraction of sp³-hybridized carbons (Fsp3) is 0.417. The molecule has 1 N–H and O–H groups in total. The van der Waals surface area contributed by atoms with Gasteiger partial charge in [-0.05, 0) is 31.0 Å². The van der Waals surface area contributed by atoms with Gasteiger partial charge in [-0.3, -0.25) is 4.79 Å². The van der Waals surface area contributed by atoms with E-state index < -0.39 is 0 Å². The van der Waals surface area contributed by atoms with Crippen molar-refractivity contribution in [1.29, 1.82) is 0 Å². The van der Waals surface area contributed by atoms with E-state index in [1.54, 1.807) is 0 Å². The van der Waals surface area contributed by atoms with Gasteiger partial charge in [0.1, 0.15) is 6.61 Å². The molecular weight excluding hydrogens is 226 g/mol. The molecule has 1 aromatic carbocycles. The molecule has 0 aliphatic rings. The third-order valence-electron chi connectivity index (χ3n) is 2.14. The maximum Gasteiger partial charge on any atom is 0.246 e. The summed E-state index contributed by atoms with van der Waals surface area (Å²) in [5.74, 6) is -0.0936. The van der Waals surface area contributed by atoms with Crippen LogP contribution in [-0.2, 0) is 16.0 Å². The summed E-state index contributed by atoms with van der Waals surface area (Å²) in [4.78, 5) is 11.2. The Hall–Kier alpha value is -1.06. The van der Waals surface area contributed by atoms with Gasteiger partial charge in [0, 0.05) is 18.2 Å². The summed E-state index contributed by atoms with van der Waals surface area (Å²) in [7, 11) is 1.50. The molecular formula is C12H16ClNO2. The Morgan fingerprint density at radius 3 is 2.62 bits per heavy atom. The van der Waals surface area contributed by atoms with Crippen LogP contribution in [0.1, 0.15) is 12.5 Å². The van der Waals surface area contributed by atoms with E-state index in [9.17, 15) is 4.79 Å². The molecule has 0 saturated carbocycles. The van der Waals surface area contributed by atoms with E-state index in [1.807, 2.05) is 31.2 Å². The molecule has 1 aromatic rings. The van der Waals surface area contributed by atoms with Gasteiger partial charge in [0.15, 0.2) is 0 Å². The predicted molar refractivity (Wildman–Crippen MR) is 64.6 cm³/mol. The largest absolute Gasteiger partial charge is 0.375 e. The second-order valence-electron chi connectivity index (χ2n) is 3.73. The Labute approximate surface area is 101 Å². The summed E-state index contributed by atoms with van der Waals surface area (Å²) in [6.07, 6.45) is 0.784.